The average Bonchev–Trinajstić information content (AvgIpc) is 2.76. The Hall–Kier alpha value is -3.46. The van der Waals surface area contributed by atoms with Crippen LogP contribution in [0.2, 0.25) is 0 Å². The lowest BCUT2D eigenvalue weighted by Gasteiger charge is -2.37. The molecule has 35 heavy (non-hydrogen) atoms. The number of fused-ring (bicyclic) bond motifs is 1. The van der Waals surface area contributed by atoms with Gasteiger partial charge in [0.05, 0.1) is 17.1 Å². The first kappa shape index (κ1) is 26.2. The van der Waals surface area contributed by atoms with E-state index < -0.39 is 5.60 Å². The molecule has 0 aliphatic rings. The van der Waals surface area contributed by atoms with Crippen LogP contribution in [0.5, 0.6) is 0 Å². The molecule has 3 rings (SSSR count). The van der Waals surface area contributed by atoms with Gasteiger partial charge in [-0.2, -0.15) is 5.26 Å². The third-order valence-corrected chi connectivity index (χ3v) is 5.82. The van der Waals surface area contributed by atoms with Gasteiger partial charge in [-0.1, -0.05) is 13.0 Å². The predicted molar refractivity (Wildman–Crippen MR) is 140 cm³/mol. The van der Waals surface area contributed by atoms with Crippen LogP contribution in [0, 0.1) is 17.2 Å². The first-order valence-corrected chi connectivity index (χ1v) is 12.1. The quantitative estimate of drug-likeness (QED) is 0.395. The topological polar surface area (TPSA) is 79.1 Å². The molecule has 0 aliphatic heterocycles. The second-order valence-electron chi connectivity index (χ2n) is 11.1. The third kappa shape index (κ3) is 7.02. The van der Waals surface area contributed by atoms with E-state index in [4.69, 9.17) is 9.72 Å². The summed E-state index contributed by atoms with van der Waals surface area (Å²) in [5.41, 5.74) is 3.53. The molecule has 1 atom stereocenters. The number of pyridine rings is 2. The Labute approximate surface area is 209 Å². The lowest BCUT2D eigenvalue weighted by atomic mass is 9.97. The van der Waals surface area contributed by atoms with E-state index in [0.717, 1.165) is 40.6 Å². The number of nitrogens with zero attached hydrogens (tertiary/aromatic N) is 4. The van der Waals surface area contributed by atoms with Gasteiger partial charge in [0.2, 0.25) is 0 Å². The SMILES string of the molecule is CC(CCN(C(=O)OC(C)(C)C)C(C)(C)C)Cc1cc(C#N)c2cc(-c3ccncc3)ccc2n1. The Bertz CT molecular complexity index is 1220. The van der Waals surface area contributed by atoms with E-state index in [9.17, 15) is 10.1 Å². The summed E-state index contributed by atoms with van der Waals surface area (Å²) < 4.78 is 5.63. The Kier molecular flexibility index (Phi) is 7.80. The fraction of sp³-hybridized carbons (Fsp3) is 0.448. The summed E-state index contributed by atoms with van der Waals surface area (Å²) in [5, 5.41) is 10.7. The molecular formula is C29H36N4O2. The summed E-state index contributed by atoms with van der Waals surface area (Å²) >= 11 is 0. The molecule has 2 heterocycles. The highest BCUT2D eigenvalue weighted by Crippen LogP contribution is 2.27. The van der Waals surface area contributed by atoms with E-state index in [1.165, 1.54) is 0 Å². The summed E-state index contributed by atoms with van der Waals surface area (Å²) in [7, 11) is 0. The molecule has 0 N–H and O–H groups in total. The van der Waals surface area contributed by atoms with Crippen LogP contribution < -0.4 is 0 Å². The van der Waals surface area contributed by atoms with E-state index in [-0.39, 0.29) is 17.6 Å². The average molecular weight is 473 g/mol. The number of nitriles is 1. The number of aromatic nitrogens is 2. The van der Waals surface area contributed by atoms with Crippen LogP contribution in [0.1, 0.15) is 66.1 Å². The van der Waals surface area contributed by atoms with Crippen LogP contribution >= 0.6 is 0 Å². The smallest absolute Gasteiger partial charge is 0.410 e. The van der Waals surface area contributed by atoms with Gasteiger partial charge in [-0.15, -0.1) is 0 Å². The molecule has 2 aromatic heterocycles. The molecule has 6 nitrogen and oxygen atoms in total. The fourth-order valence-electron chi connectivity index (χ4n) is 4.03. The highest BCUT2D eigenvalue weighted by Gasteiger charge is 2.30. The van der Waals surface area contributed by atoms with Crippen molar-refractivity contribution in [2.24, 2.45) is 5.92 Å². The second-order valence-corrected chi connectivity index (χ2v) is 11.1. The van der Waals surface area contributed by atoms with Gasteiger partial charge in [-0.25, -0.2) is 4.79 Å². The lowest BCUT2D eigenvalue weighted by Crippen LogP contribution is -2.48. The van der Waals surface area contributed by atoms with Crippen molar-refractivity contribution in [2.75, 3.05) is 6.54 Å². The number of carbonyl (C=O) groups excluding carboxylic acids is 1. The molecule has 3 aromatic rings. The maximum absolute atomic E-state index is 12.8. The highest BCUT2D eigenvalue weighted by atomic mass is 16.6. The summed E-state index contributed by atoms with van der Waals surface area (Å²) in [6.45, 7) is 14.4. The first-order chi connectivity index (χ1) is 16.4. The van der Waals surface area contributed by atoms with Gasteiger partial charge in [0.25, 0.3) is 0 Å². The number of amides is 1. The molecule has 6 heteroatoms. The van der Waals surface area contributed by atoms with Crippen molar-refractivity contribution in [1.82, 2.24) is 14.9 Å². The van der Waals surface area contributed by atoms with Gasteiger partial charge in [0, 0.05) is 35.6 Å². The van der Waals surface area contributed by atoms with Crippen molar-refractivity contribution < 1.29 is 9.53 Å². The van der Waals surface area contributed by atoms with Crippen molar-refractivity contribution in [3.63, 3.8) is 0 Å². The van der Waals surface area contributed by atoms with Crippen molar-refractivity contribution in [1.29, 1.82) is 5.26 Å². The minimum atomic E-state index is -0.536. The molecule has 1 aromatic carbocycles. The normalized spacial score (nSPS) is 12.7. The molecule has 0 saturated carbocycles. The minimum absolute atomic E-state index is 0.273. The molecule has 184 valence electrons. The van der Waals surface area contributed by atoms with Gasteiger partial charge in [0.15, 0.2) is 0 Å². The Morgan fingerprint density at radius 2 is 1.74 bits per heavy atom. The molecule has 0 saturated heterocycles. The standard InChI is InChI=1S/C29H36N4O2/c1-20(12-15-33(28(2,3)4)27(34)35-29(5,6)7)16-24-17-23(19-30)25-18-22(8-9-26(25)32-24)21-10-13-31-14-11-21/h8-11,13-14,17-18,20H,12,15-16H2,1-7H3. The zero-order valence-electron chi connectivity index (χ0n) is 21.9. The van der Waals surface area contributed by atoms with Crippen molar-refractivity contribution in [3.05, 3.63) is 60.0 Å². The lowest BCUT2D eigenvalue weighted by molar-refractivity contribution is 0.00505. The Balaban J connectivity index is 1.76. The number of hydrogen-bond donors (Lipinski definition) is 0. The monoisotopic (exact) mass is 472 g/mol. The number of benzene rings is 1. The molecule has 0 aliphatic carbocycles. The largest absolute Gasteiger partial charge is 0.444 e. The first-order valence-electron chi connectivity index (χ1n) is 12.1. The third-order valence-electron chi connectivity index (χ3n) is 5.82. The maximum Gasteiger partial charge on any atom is 0.410 e. The van der Waals surface area contributed by atoms with Gasteiger partial charge >= 0.3 is 6.09 Å². The van der Waals surface area contributed by atoms with Crippen LogP contribution in [-0.2, 0) is 11.2 Å². The second kappa shape index (κ2) is 10.4. The molecule has 0 radical (unpaired) electrons. The zero-order valence-corrected chi connectivity index (χ0v) is 21.9. The van der Waals surface area contributed by atoms with E-state index >= 15 is 0 Å². The number of carbonyl (C=O) groups is 1. The zero-order chi connectivity index (χ0) is 25.8. The highest BCUT2D eigenvalue weighted by molar-refractivity contribution is 5.89. The molecule has 0 spiro atoms. The Morgan fingerprint density at radius 3 is 2.34 bits per heavy atom. The Morgan fingerprint density at radius 1 is 1.06 bits per heavy atom. The molecular weight excluding hydrogens is 436 g/mol. The summed E-state index contributed by atoms with van der Waals surface area (Å²) in [6.07, 6.45) is 4.76. The minimum Gasteiger partial charge on any atom is -0.444 e. The van der Waals surface area contributed by atoms with Crippen LogP contribution in [-0.4, -0.2) is 38.6 Å². The molecule has 0 fully saturated rings. The van der Waals surface area contributed by atoms with Crippen LogP contribution in [0.3, 0.4) is 0 Å². The van der Waals surface area contributed by atoms with Crippen LogP contribution in [0.4, 0.5) is 4.79 Å². The van der Waals surface area contributed by atoms with Crippen LogP contribution in [0.15, 0.2) is 48.8 Å². The van der Waals surface area contributed by atoms with E-state index in [2.05, 4.69) is 18.0 Å². The number of rotatable bonds is 6. The fourth-order valence-corrected chi connectivity index (χ4v) is 4.03. The van der Waals surface area contributed by atoms with E-state index in [0.29, 0.717) is 12.1 Å². The van der Waals surface area contributed by atoms with Crippen molar-refractivity contribution in [3.8, 4) is 17.2 Å². The van der Waals surface area contributed by atoms with Gasteiger partial charge < -0.3 is 9.64 Å². The molecule has 1 amide bonds. The van der Waals surface area contributed by atoms with E-state index in [1.54, 1.807) is 17.3 Å². The van der Waals surface area contributed by atoms with Gasteiger partial charge in [0.1, 0.15) is 5.60 Å². The predicted octanol–water partition coefficient (Wildman–Crippen LogP) is 6.77. The summed E-state index contributed by atoms with van der Waals surface area (Å²) in [4.78, 5) is 23.5. The molecule has 0 bridgehead atoms. The van der Waals surface area contributed by atoms with Crippen molar-refractivity contribution in [2.45, 2.75) is 72.4 Å². The van der Waals surface area contributed by atoms with Gasteiger partial charge in [-0.3, -0.25) is 9.97 Å². The van der Waals surface area contributed by atoms with E-state index in [1.807, 2.05) is 77.9 Å². The number of ether oxygens (including phenoxy) is 1. The summed E-state index contributed by atoms with van der Waals surface area (Å²) in [6, 6.07) is 14.2. The number of hydrogen-bond acceptors (Lipinski definition) is 5. The molecule has 1 unspecified atom stereocenters. The van der Waals surface area contributed by atoms with Crippen molar-refractivity contribution >= 4 is 17.0 Å². The maximum atomic E-state index is 12.8. The van der Waals surface area contributed by atoms with Crippen LogP contribution in [0.25, 0.3) is 22.0 Å². The van der Waals surface area contributed by atoms with Gasteiger partial charge in [-0.05, 0) is 102 Å². The summed E-state index contributed by atoms with van der Waals surface area (Å²) in [5.74, 6) is 0.273.